The van der Waals surface area contributed by atoms with Gasteiger partial charge >= 0.3 is 5.97 Å². The van der Waals surface area contributed by atoms with Gasteiger partial charge in [0.15, 0.2) is 0 Å². The van der Waals surface area contributed by atoms with Crippen molar-refractivity contribution in [2.24, 2.45) is 11.8 Å². The van der Waals surface area contributed by atoms with E-state index in [-0.39, 0.29) is 31.1 Å². The maximum atomic E-state index is 13.6. The van der Waals surface area contributed by atoms with E-state index < -0.39 is 41.6 Å². The van der Waals surface area contributed by atoms with Gasteiger partial charge in [-0.2, -0.15) is 0 Å². The average molecular weight is 404 g/mol. The molecule has 29 heavy (non-hydrogen) atoms. The summed E-state index contributed by atoms with van der Waals surface area (Å²) in [7, 11) is 0. The first-order valence-corrected chi connectivity index (χ1v) is 10.3. The van der Waals surface area contributed by atoms with Crippen LogP contribution in [0, 0.1) is 11.8 Å². The molecule has 0 aliphatic carbocycles. The molecule has 2 amide bonds. The minimum atomic E-state index is -1.26. The lowest BCUT2D eigenvalue weighted by atomic mass is 9.77. The van der Waals surface area contributed by atoms with Gasteiger partial charge in [-0.3, -0.25) is 14.4 Å². The van der Waals surface area contributed by atoms with Crippen molar-refractivity contribution in [1.29, 1.82) is 0 Å². The van der Waals surface area contributed by atoms with Gasteiger partial charge in [-0.05, 0) is 27.2 Å². The molecule has 4 aliphatic heterocycles. The normalized spacial score (nSPS) is 37.6. The number of aliphatic hydroxyl groups excluding tert-OH is 1. The molecule has 2 fully saturated rings. The number of carbonyl (C=O) groups excluding carboxylic acids is 3. The molecule has 0 aromatic heterocycles. The Kier molecular flexibility index (Phi) is 5.02. The molecular weight excluding hydrogens is 376 g/mol. The second-order valence-electron chi connectivity index (χ2n) is 8.49. The van der Waals surface area contributed by atoms with Crippen LogP contribution in [0.2, 0.25) is 0 Å². The molecule has 8 nitrogen and oxygen atoms in total. The minimum absolute atomic E-state index is 0.0670. The van der Waals surface area contributed by atoms with Gasteiger partial charge in [0.1, 0.15) is 17.6 Å². The summed E-state index contributed by atoms with van der Waals surface area (Å²) < 4.78 is 11.8. The number of amides is 2. The van der Waals surface area contributed by atoms with Crippen LogP contribution in [0.15, 0.2) is 24.3 Å². The summed E-state index contributed by atoms with van der Waals surface area (Å²) in [5, 5.41) is 9.78. The van der Waals surface area contributed by atoms with Crippen LogP contribution in [0.4, 0.5) is 0 Å². The Balaban J connectivity index is 1.87. The molecule has 0 bridgehead atoms. The lowest BCUT2D eigenvalue weighted by Gasteiger charge is -2.38. The predicted octanol–water partition coefficient (Wildman–Crippen LogP) is 0.258. The highest BCUT2D eigenvalue weighted by atomic mass is 16.6. The van der Waals surface area contributed by atoms with Crippen LogP contribution in [0.3, 0.4) is 0 Å². The van der Waals surface area contributed by atoms with E-state index in [2.05, 4.69) is 0 Å². The molecular formula is C21H28N2O6. The summed E-state index contributed by atoms with van der Waals surface area (Å²) in [5.74, 6) is -2.74. The predicted molar refractivity (Wildman–Crippen MR) is 102 cm³/mol. The summed E-state index contributed by atoms with van der Waals surface area (Å²) in [4.78, 5) is 43.1. The number of rotatable bonds is 3. The van der Waals surface area contributed by atoms with Crippen LogP contribution in [-0.4, -0.2) is 82.3 Å². The molecule has 8 heteroatoms. The average Bonchev–Trinajstić information content (AvgIpc) is 3.05. The molecule has 2 saturated heterocycles. The third kappa shape index (κ3) is 2.84. The highest BCUT2D eigenvalue weighted by molar-refractivity contribution is 5.99. The second kappa shape index (κ2) is 7.25. The Bertz CT molecular complexity index is 777. The largest absolute Gasteiger partial charge is 0.465 e. The van der Waals surface area contributed by atoms with E-state index >= 15 is 0 Å². The number of fused-ring (bicyclic) bond motifs is 2. The minimum Gasteiger partial charge on any atom is -0.465 e. The third-order valence-electron chi connectivity index (χ3n) is 6.45. The van der Waals surface area contributed by atoms with Crippen molar-refractivity contribution >= 4 is 17.8 Å². The number of nitrogens with zero attached hydrogens (tertiary/aromatic N) is 2. The van der Waals surface area contributed by atoms with E-state index in [1.807, 2.05) is 32.1 Å². The van der Waals surface area contributed by atoms with Gasteiger partial charge in [-0.15, -0.1) is 0 Å². The first-order chi connectivity index (χ1) is 13.8. The van der Waals surface area contributed by atoms with E-state index in [4.69, 9.17) is 9.47 Å². The lowest BCUT2D eigenvalue weighted by molar-refractivity contribution is -0.156. The quantitative estimate of drug-likeness (QED) is 0.535. The van der Waals surface area contributed by atoms with Crippen LogP contribution in [-0.2, 0) is 23.9 Å². The topological polar surface area (TPSA) is 96.4 Å². The fourth-order valence-corrected chi connectivity index (χ4v) is 5.09. The van der Waals surface area contributed by atoms with Crippen molar-refractivity contribution in [2.45, 2.75) is 57.0 Å². The van der Waals surface area contributed by atoms with E-state index in [1.165, 1.54) is 4.90 Å². The smallest absolute Gasteiger partial charge is 0.312 e. The molecule has 6 atom stereocenters. The van der Waals surface area contributed by atoms with Gasteiger partial charge in [-0.1, -0.05) is 24.3 Å². The molecule has 4 heterocycles. The number of likely N-dealkylation sites (tertiary alicyclic amines) is 1. The van der Waals surface area contributed by atoms with E-state index in [9.17, 15) is 19.5 Å². The van der Waals surface area contributed by atoms with Crippen molar-refractivity contribution in [3.8, 4) is 0 Å². The Morgan fingerprint density at radius 3 is 2.66 bits per heavy atom. The number of carbonyl (C=O) groups is 3. The molecule has 0 radical (unpaired) electrons. The molecule has 4 rings (SSSR count). The Morgan fingerprint density at radius 1 is 1.21 bits per heavy atom. The van der Waals surface area contributed by atoms with Crippen LogP contribution < -0.4 is 0 Å². The second-order valence-corrected chi connectivity index (χ2v) is 8.49. The zero-order valence-corrected chi connectivity index (χ0v) is 17.0. The van der Waals surface area contributed by atoms with Crippen molar-refractivity contribution < 1.29 is 29.0 Å². The van der Waals surface area contributed by atoms with Crippen LogP contribution in [0.5, 0.6) is 0 Å². The highest BCUT2D eigenvalue weighted by Gasteiger charge is 2.72. The zero-order valence-electron chi connectivity index (χ0n) is 17.0. The maximum absolute atomic E-state index is 13.6. The van der Waals surface area contributed by atoms with Crippen LogP contribution in [0.25, 0.3) is 0 Å². The molecule has 158 valence electrons. The van der Waals surface area contributed by atoms with Gasteiger partial charge in [0, 0.05) is 12.6 Å². The summed E-state index contributed by atoms with van der Waals surface area (Å²) >= 11 is 0. The number of hydrogen-bond donors (Lipinski definition) is 1. The van der Waals surface area contributed by atoms with E-state index in [0.29, 0.717) is 13.0 Å². The molecule has 0 saturated carbocycles. The monoisotopic (exact) mass is 404 g/mol. The third-order valence-corrected chi connectivity index (χ3v) is 6.45. The first-order valence-electron chi connectivity index (χ1n) is 10.3. The molecule has 4 aliphatic rings. The van der Waals surface area contributed by atoms with Gasteiger partial charge in [0.05, 0.1) is 31.3 Å². The molecule has 0 aromatic carbocycles. The molecule has 1 unspecified atom stereocenters. The highest BCUT2D eigenvalue weighted by Crippen LogP contribution is 2.53. The van der Waals surface area contributed by atoms with Crippen molar-refractivity contribution in [3.63, 3.8) is 0 Å². The van der Waals surface area contributed by atoms with E-state index in [1.54, 1.807) is 17.9 Å². The zero-order chi connectivity index (χ0) is 20.9. The van der Waals surface area contributed by atoms with Crippen LogP contribution in [0.1, 0.15) is 27.2 Å². The van der Waals surface area contributed by atoms with Gasteiger partial charge in [0.25, 0.3) is 0 Å². The summed E-state index contributed by atoms with van der Waals surface area (Å²) in [5.41, 5.74) is -1.26. The number of hydrogen-bond acceptors (Lipinski definition) is 6. The summed E-state index contributed by atoms with van der Waals surface area (Å²) in [6, 6.07) is -1.58. The lowest BCUT2D eigenvalue weighted by Crippen LogP contribution is -2.58. The van der Waals surface area contributed by atoms with E-state index in [0.717, 1.165) is 0 Å². The van der Waals surface area contributed by atoms with Crippen molar-refractivity contribution in [3.05, 3.63) is 24.3 Å². The SMILES string of the molecule is CC(C)N1CC=C[C@]23O[C@H]4C=CCCOC(=O)[C@H]4[C@H]2C(=O)N([C@H](C)CO)C3C1=O. The first kappa shape index (κ1) is 20.1. The Morgan fingerprint density at radius 2 is 1.97 bits per heavy atom. The number of aliphatic hydroxyl groups is 1. The van der Waals surface area contributed by atoms with Crippen LogP contribution >= 0.6 is 0 Å². The molecule has 1 spiro atoms. The van der Waals surface area contributed by atoms with Gasteiger partial charge < -0.3 is 24.4 Å². The number of cyclic esters (lactones) is 1. The Labute approximate surface area is 170 Å². The maximum Gasteiger partial charge on any atom is 0.312 e. The fourth-order valence-electron chi connectivity index (χ4n) is 5.09. The summed E-state index contributed by atoms with van der Waals surface area (Å²) in [6.07, 6.45) is 7.28. The van der Waals surface area contributed by atoms with Gasteiger partial charge in [0.2, 0.25) is 11.8 Å². The van der Waals surface area contributed by atoms with Crippen molar-refractivity contribution in [1.82, 2.24) is 9.80 Å². The molecule has 0 aromatic rings. The Hall–Kier alpha value is -2.19. The number of esters is 1. The van der Waals surface area contributed by atoms with Crippen molar-refractivity contribution in [2.75, 3.05) is 19.8 Å². The fraction of sp³-hybridized carbons (Fsp3) is 0.667. The summed E-state index contributed by atoms with van der Waals surface area (Å²) in [6.45, 7) is 5.89. The molecule has 1 N–H and O–H groups in total. The standard InChI is InChI=1S/C21H28N2O6/c1-12(2)22-9-6-8-21-16(15-14(29-21)7-4-5-10-28-20(15)27)18(25)23(13(3)11-24)17(21)19(22)26/h4,6-8,12-17,24H,5,9-11H2,1-3H3/t13-,14+,15-,16+,17?,21+/m1/s1. The number of ether oxygens (including phenoxy) is 2. The van der Waals surface area contributed by atoms with Gasteiger partial charge in [-0.25, -0.2) is 0 Å².